The zero-order chi connectivity index (χ0) is 10.0. The average Bonchev–Trinajstić information content (AvgIpc) is 2.10. The van der Waals surface area contributed by atoms with Gasteiger partial charge in [0.15, 0.2) is 5.78 Å². The highest BCUT2D eigenvalue weighted by Gasteiger charge is 2.11. The average molecular weight is 349 g/mol. The first kappa shape index (κ1) is 11.6. The van der Waals surface area contributed by atoms with Gasteiger partial charge in [-0.2, -0.15) is 0 Å². The molecule has 0 bridgehead atoms. The Hall–Kier alpha value is 0.490. The van der Waals surface area contributed by atoms with Crippen LogP contribution in [0.5, 0.6) is 0 Å². The summed E-state index contributed by atoms with van der Waals surface area (Å²) < 4.78 is 0.789. The first-order chi connectivity index (χ1) is 6.06. The molecular formula is C8H4Cl3IO. The Morgan fingerprint density at radius 2 is 1.92 bits per heavy atom. The maximum atomic E-state index is 11.2. The van der Waals surface area contributed by atoms with Crippen molar-refractivity contribution >= 4 is 63.2 Å². The SMILES string of the molecule is O=C(CCl)c1cc(I)c(Cl)cc1Cl. The predicted octanol–water partition coefficient (Wildman–Crippen LogP) is 4.02. The van der Waals surface area contributed by atoms with Gasteiger partial charge in [-0.1, -0.05) is 23.2 Å². The fourth-order valence-corrected chi connectivity index (χ4v) is 1.91. The summed E-state index contributed by atoms with van der Waals surface area (Å²) in [6.07, 6.45) is 0. The van der Waals surface area contributed by atoms with Crippen molar-refractivity contribution in [2.45, 2.75) is 0 Å². The smallest absolute Gasteiger partial charge is 0.179 e. The first-order valence-corrected chi connectivity index (χ1v) is 5.67. The van der Waals surface area contributed by atoms with Gasteiger partial charge in [0.25, 0.3) is 0 Å². The second-order valence-electron chi connectivity index (χ2n) is 2.30. The van der Waals surface area contributed by atoms with Crippen LogP contribution in [0.15, 0.2) is 12.1 Å². The molecule has 0 aromatic heterocycles. The molecule has 0 aliphatic carbocycles. The maximum Gasteiger partial charge on any atom is 0.179 e. The third kappa shape index (κ3) is 2.72. The topological polar surface area (TPSA) is 17.1 Å². The molecule has 13 heavy (non-hydrogen) atoms. The Kier molecular flexibility index (Phi) is 4.29. The van der Waals surface area contributed by atoms with Gasteiger partial charge in [0.2, 0.25) is 0 Å². The van der Waals surface area contributed by atoms with Gasteiger partial charge in [-0.3, -0.25) is 4.79 Å². The molecule has 70 valence electrons. The Labute approximate surface area is 104 Å². The minimum atomic E-state index is -0.193. The maximum absolute atomic E-state index is 11.2. The van der Waals surface area contributed by atoms with Crippen molar-refractivity contribution in [2.75, 3.05) is 5.88 Å². The summed E-state index contributed by atoms with van der Waals surface area (Å²) in [5.41, 5.74) is 0.422. The molecule has 1 nitrogen and oxygen atoms in total. The van der Waals surface area contributed by atoms with E-state index in [9.17, 15) is 4.79 Å². The van der Waals surface area contributed by atoms with Crippen LogP contribution in [0.4, 0.5) is 0 Å². The summed E-state index contributed by atoms with van der Waals surface area (Å²) in [5, 5.41) is 0.882. The molecule has 1 aromatic rings. The number of halogens is 4. The lowest BCUT2D eigenvalue weighted by Gasteiger charge is -2.03. The quantitative estimate of drug-likeness (QED) is 0.341. The van der Waals surface area contributed by atoms with Crippen LogP contribution in [0, 0.1) is 3.57 Å². The van der Waals surface area contributed by atoms with E-state index in [0.717, 1.165) is 3.57 Å². The summed E-state index contributed by atoms with van der Waals surface area (Å²) >= 11 is 19.0. The summed E-state index contributed by atoms with van der Waals surface area (Å²) in [4.78, 5) is 11.2. The summed E-state index contributed by atoms with van der Waals surface area (Å²) in [7, 11) is 0. The molecule has 0 amide bonds. The minimum absolute atomic E-state index is 0.0720. The van der Waals surface area contributed by atoms with Crippen LogP contribution < -0.4 is 0 Å². The van der Waals surface area contributed by atoms with Crippen molar-refractivity contribution in [3.05, 3.63) is 31.3 Å². The zero-order valence-electron chi connectivity index (χ0n) is 6.28. The number of hydrogen-bond acceptors (Lipinski definition) is 1. The number of carbonyl (C=O) groups excluding carboxylic acids is 1. The molecule has 0 unspecified atom stereocenters. The van der Waals surface area contributed by atoms with Crippen LogP contribution in [-0.4, -0.2) is 11.7 Å². The van der Waals surface area contributed by atoms with Crippen LogP contribution in [0.3, 0.4) is 0 Å². The van der Waals surface area contributed by atoms with Crippen LogP contribution in [0.2, 0.25) is 10.0 Å². The van der Waals surface area contributed by atoms with E-state index in [4.69, 9.17) is 34.8 Å². The van der Waals surface area contributed by atoms with Crippen molar-refractivity contribution in [2.24, 2.45) is 0 Å². The van der Waals surface area contributed by atoms with Gasteiger partial charge >= 0.3 is 0 Å². The van der Waals surface area contributed by atoms with Crippen LogP contribution in [0.25, 0.3) is 0 Å². The van der Waals surface area contributed by atoms with E-state index >= 15 is 0 Å². The van der Waals surface area contributed by atoms with Crippen molar-refractivity contribution in [3.63, 3.8) is 0 Å². The molecule has 0 saturated heterocycles. The van der Waals surface area contributed by atoms with Gasteiger partial charge in [0.05, 0.1) is 15.9 Å². The Bertz CT molecular complexity index is 351. The fourth-order valence-electron chi connectivity index (χ4n) is 0.808. The second-order valence-corrected chi connectivity index (χ2v) is 4.55. The molecule has 0 radical (unpaired) electrons. The van der Waals surface area contributed by atoms with E-state index in [0.29, 0.717) is 15.6 Å². The van der Waals surface area contributed by atoms with Crippen LogP contribution in [0.1, 0.15) is 10.4 Å². The van der Waals surface area contributed by atoms with Gasteiger partial charge in [-0.25, -0.2) is 0 Å². The molecule has 0 spiro atoms. The Balaban J connectivity index is 3.23. The molecule has 1 rings (SSSR count). The van der Waals surface area contributed by atoms with E-state index in [-0.39, 0.29) is 11.7 Å². The minimum Gasteiger partial charge on any atom is -0.293 e. The fraction of sp³-hybridized carbons (Fsp3) is 0.125. The Morgan fingerprint density at radius 3 is 2.46 bits per heavy atom. The molecule has 1 aromatic carbocycles. The molecular weight excluding hydrogens is 345 g/mol. The van der Waals surface area contributed by atoms with E-state index in [1.165, 1.54) is 0 Å². The normalized spacial score (nSPS) is 10.2. The van der Waals surface area contributed by atoms with Crippen molar-refractivity contribution in [1.82, 2.24) is 0 Å². The third-order valence-electron chi connectivity index (χ3n) is 1.43. The largest absolute Gasteiger partial charge is 0.293 e. The molecule has 0 fully saturated rings. The monoisotopic (exact) mass is 348 g/mol. The molecule has 0 N–H and O–H groups in total. The number of carbonyl (C=O) groups is 1. The first-order valence-electron chi connectivity index (χ1n) is 3.30. The molecule has 0 aliphatic heterocycles. The number of benzene rings is 1. The van der Waals surface area contributed by atoms with Gasteiger partial charge in [0.1, 0.15) is 0 Å². The van der Waals surface area contributed by atoms with Crippen LogP contribution >= 0.6 is 57.4 Å². The second kappa shape index (κ2) is 4.82. The van der Waals surface area contributed by atoms with E-state index < -0.39 is 0 Å². The molecule has 0 saturated carbocycles. The lowest BCUT2D eigenvalue weighted by molar-refractivity contribution is 0.102. The number of ketones is 1. The van der Waals surface area contributed by atoms with Gasteiger partial charge < -0.3 is 0 Å². The molecule has 0 aliphatic rings. The number of hydrogen-bond donors (Lipinski definition) is 0. The van der Waals surface area contributed by atoms with Crippen molar-refractivity contribution < 1.29 is 4.79 Å². The van der Waals surface area contributed by atoms with Gasteiger partial charge in [0, 0.05) is 9.13 Å². The molecule has 0 atom stereocenters. The number of rotatable bonds is 2. The summed E-state index contributed by atoms with van der Waals surface area (Å²) in [6.45, 7) is 0. The highest BCUT2D eigenvalue weighted by atomic mass is 127. The Morgan fingerprint density at radius 1 is 1.31 bits per heavy atom. The van der Waals surface area contributed by atoms with E-state index in [2.05, 4.69) is 0 Å². The van der Waals surface area contributed by atoms with Crippen molar-refractivity contribution in [1.29, 1.82) is 0 Å². The standard InChI is InChI=1S/C8H4Cl3IO/c9-3-8(13)4-1-7(12)6(11)2-5(4)10/h1-2H,3H2. The highest BCUT2D eigenvalue weighted by molar-refractivity contribution is 14.1. The van der Waals surface area contributed by atoms with Gasteiger partial charge in [-0.05, 0) is 34.7 Å². The predicted molar refractivity (Wildman–Crippen MR) is 64.2 cm³/mol. The zero-order valence-corrected chi connectivity index (χ0v) is 10.7. The lowest BCUT2D eigenvalue weighted by atomic mass is 10.1. The highest BCUT2D eigenvalue weighted by Crippen LogP contribution is 2.26. The van der Waals surface area contributed by atoms with E-state index in [1.54, 1.807) is 12.1 Å². The molecule has 0 heterocycles. The van der Waals surface area contributed by atoms with Gasteiger partial charge in [-0.15, -0.1) is 11.6 Å². The lowest BCUT2D eigenvalue weighted by Crippen LogP contribution is -2.01. The number of Topliss-reactive ketones (excluding diaryl/α,β-unsaturated/α-hetero) is 1. The molecule has 5 heteroatoms. The van der Waals surface area contributed by atoms with Crippen LogP contribution in [-0.2, 0) is 0 Å². The van der Waals surface area contributed by atoms with E-state index in [1.807, 2.05) is 22.6 Å². The number of alkyl halides is 1. The third-order valence-corrected chi connectivity index (χ3v) is 3.51. The summed E-state index contributed by atoms with van der Waals surface area (Å²) in [6, 6.07) is 3.18. The summed E-state index contributed by atoms with van der Waals surface area (Å²) in [5.74, 6) is -0.265. The van der Waals surface area contributed by atoms with Crippen molar-refractivity contribution in [3.8, 4) is 0 Å².